The van der Waals surface area contributed by atoms with Gasteiger partial charge in [-0.15, -0.1) is 0 Å². The van der Waals surface area contributed by atoms with Gasteiger partial charge < -0.3 is 0 Å². The van der Waals surface area contributed by atoms with Crippen LogP contribution in [0, 0.1) is 5.92 Å². The molecule has 0 N–H and O–H groups in total. The molecule has 0 aromatic heterocycles. The molecule has 72 valence electrons. The zero-order valence-corrected chi connectivity index (χ0v) is 9.03. The minimum atomic E-state index is -3.30. The number of Topliss-reactive ketones (excluding diaryl/α,β-unsaturated/α-hetero) is 1. The highest BCUT2D eigenvalue weighted by atomic mass is 32.2. The Balaban J connectivity index is 5.01. The summed E-state index contributed by atoms with van der Waals surface area (Å²) in [6, 6.07) is 0. The fourth-order valence-corrected chi connectivity index (χ4v) is 1.48. The molecule has 0 bridgehead atoms. The van der Waals surface area contributed by atoms with Crippen LogP contribution in [0.5, 0.6) is 0 Å². The fourth-order valence-electron chi connectivity index (χ4n) is 0.878. The van der Waals surface area contributed by atoms with Crippen molar-refractivity contribution in [1.29, 1.82) is 0 Å². The van der Waals surface area contributed by atoms with Crippen LogP contribution in [0.1, 0.15) is 27.7 Å². The fraction of sp³-hybridized carbons (Fsp3) is 0.875. The normalized spacial score (nSPS) is 13.5. The molecule has 0 amide bonds. The number of ketones is 1. The third-order valence-corrected chi connectivity index (χ3v) is 4.10. The Labute approximate surface area is 74.1 Å². The lowest BCUT2D eigenvalue weighted by atomic mass is 9.98. The van der Waals surface area contributed by atoms with Crippen LogP contribution >= 0.6 is 0 Å². The van der Waals surface area contributed by atoms with Crippen LogP contribution in [0.15, 0.2) is 0 Å². The van der Waals surface area contributed by atoms with E-state index in [9.17, 15) is 13.2 Å². The van der Waals surface area contributed by atoms with Crippen LogP contribution in [0.25, 0.3) is 0 Å². The third kappa shape index (κ3) is 2.06. The molecule has 0 rings (SSSR count). The van der Waals surface area contributed by atoms with Crippen LogP contribution in [0.2, 0.25) is 0 Å². The second-order valence-electron chi connectivity index (χ2n) is 3.80. The van der Waals surface area contributed by atoms with Crippen molar-refractivity contribution in [2.75, 3.05) is 6.26 Å². The van der Waals surface area contributed by atoms with Crippen molar-refractivity contribution in [3.63, 3.8) is 0 Å². The van der Waals surface area contributed by atoms with E-state index >= 15 is 0 Å². The van der Waals surface area contributed by atoms with E-state index in [-0.39, 0.29) is 11.7 Å². The van der Waals surface area contributed by atoms with Gasteiger partial charge in [0.15, 0.2) is 15.6 Å². The van der Waals surface area contributed by atoms with Crippen molar-refractivity contribution in [2.45, 2.75) is 32.4 Å². The maximum absolute atomic E-state index is 11.4. The lowest BCUT2D eigenvalue weighted by Gasteiger charge is -2.22. The first-order valence-corrected chi connectivity index (χ1v) is 5.73. The molecule has 0 aromatic carbocycles. The van der Waals surface area contributed by atoms with E-state index < -0.39 is 14.6 Å². The maximum Gasteiger partial charge on any atom is 0.159 e. The van der Waals surface area contributed by atoms with Gasteiger partial charge in [-0.05, 0) is 13.8 Å². The molecule has 0 unspecified atom stereocenters. The van der Waals surface area contributed by atoms with Crippen molar-refractivity contribution in [3.8, 4) is 0 Å². The number of hydrogen-bond acceptors (Lipinski definition) is 3. The Morgan fingerprint density at radius 2 is 1.58 bits per heavy atom. The van der Waals surface area contributed by atoms with Crippen LogP contribution in [-0.4, -0.2) is 25.2 Å². The van der Waals surface area contributed by atoms with E-state index in [0.29, 0.717) is 0 Å². The zero-order valence-electron chi connectivity index (χ0n) is 8.21. The van der Waals surface area contributed by atoms with Crippen LogP contribution in [0.4, 0.5) is 0 Å². The summed E-state index contributed by atoms with van der Waals surface area (Å²) in [6.07, 6.45) is 1.09. The number of carbonyl (C=O) groups excluding carboxylic acids is 1. The summed E-state index contributed by atoms with van der Waals surface area (Å²) in [5.41, 5.74) is 0. The molecule has 0 heterocycles. The van der Waals surface area contributed by atoms with Gasteiger partial charge in [-0.1, -0.05) is 13.8 Å². The number of rotatable bonds is 3. The predicted octanol–water partition coefficient (Wildman–Crippen LogP) is 1.03. The SMILES string of the molecule is CC(C)C(=O)C(C)(C)S(C)(=O)=O. The van der Waals surface area contributed by atoms with Crippen molar-refractivity contribution in [3.05, 3.63) is 0 Å². The van der Waals surface area contributed by atoms with E-state index in [0.717, 1.165) is 6.26 Å². The molecule has 0 saturated carbocycles. The van der Waals surface area contributed by atoms with E-state index in [1.165, 1.54) is 13.8 Å². The lowest BCUT2D eigenvalue weighted by Crippen LogP contribution is -2.42. The molecule has 0 aliphatic carbocycles. The van der Waals surface area contributed by atoms with Gasteiger partial charge in [0.1, 0.15) is 4.75 Å². The predicted molar refractivity (Wildman–Crippen MR) is 48.8 cm³/mol. The summed E-state index contributed by atoms with van der Waals surface area (Å²) in [5.74, 6) is -0.472. The van der Waals surface area contributed by atoms with E-state index in [1.54, 1.807) is 13.8 Å². The zero-order chi connectivity index (χ0) is 10.2. The monoisotopic (exact) mass is 192 g/mol. The quantitative estimate of drug-likeness (QED) is 0.671. The first-order valence-electron chi connectivity index (χ1n) is 3.84. The molecule has 0 radical (unpaired) electrons. The van der Waals surface area contributed by atoms with Gasteiger partial charge in [-0.2, -0.15) is 0 Å². The minimum Gasteiger partial charge on any atom is -0.298 e. The molecule has 0 fully saturated rings. The average molecular weight is 192 g/mol. The van der Waals surface area contributed by atoms with Crippen LogP contribution < -0.4 is 0 Å². The maximum atomic E-state index is 11.4. The summed E-state index contributed by atoms with van der Waals surface area (Å²) in [5, 5.41) is 0. The van der Waals surface area contributed by atoms with E-state index in [4.69, 9.17) is 0 Å². The summed E-state index contributed by atoms with van der Waals surface area (Å²) in [4.78, 5) is 11.4. The minimum absolute atomic E-state index is 0.231. The second-order valence-corrected chi connectivity index (χ2v) is 6.37. The van der Waals surface area contributed by atoms with Gasteiger partial charge in [-0.3, -0.25) is 4.79 Å². The Morgan fingerprint density at radius 3 is 1.67 bits per heavy atom. The summed E-state index contributed by atoms with van der Waals surface area (Å²) in [6.45, 7) is 6.31. The van der Waals surface area contributed by atoms with Gasteiger partial charge in [0.05, 0.1) is 0 Å². The highest BCUT2D eigenvalue weighted by Gasteiger charge is 2.39. The molecule has 0 spiro atoms. The molecule has 0 aliphatic rings. The largest absolute Gasteiger partial charge is 0.298 e. The number of hydrogen-bond donors (Lipinski definition) is 0. The van der Waals surface area contributed by atoms with Crippen molar-refractivity contribution >= 4 is 15.6 Å². The van der Waals surface area contributed by atoms with E-state index in [2.05, 4.69) is 0 Å². The molecule has 0 aliphatic heterocycles. The number of sulfone groups is 1. The van der Waals surface area contributed by atoms with Crippen molar-refractivity contribution < 1.29 is 13.2 Å². The summed E-state index contributed by atoms with van der Waals surface area (Å²) >= 11 is 0. The first-order chi connectivity index (χ1) is 5.10. The molecule has 12 heavy (non-hydrogen) atoms. The highest BCUT2D eigenvalue weighted by molar-refractivity contribution is 7.92. The van der Waals surface area contributed by atoms with Crippen LogP contribution in [0.3, 0.4) is 0 Å². The summed E-state index contributed by atoms with van der Waals surface area (Å²) in [7, 11) is -3.30. The standard InChI is InChI=1S/C8H16O3S/c1-6(2)7(9)8(3,4)12(5,10)11/h6H,1-5H3. The van der Waals surface area contributed by atoms with Crippen LogP contribution in [-0.2, 0) is 14.6 Å². The smallest absolute Gasteiger partial charge is 0.159 e. The molecule has 0 atom stereocenters. The van der Waals surface area contributed by atoms with Gasteiger partial charge in [0.2, 0.25) is 0 Å². The Bertz CT molecular complexity index is 273. The van der Waals surface area contributed by atoms with Crippen molar-refractivity contribution in [1.82, 2.24) is 0 Å². The number of carbonyl (C=O) groups is 1. The van der Waals surface area contributed by atoms with Gasteiger partial charge in [0.25, 0.3) is 0 Å². The Kier molecular flexibility index (Phi) is 3.07. The molecule has 4 heteroatoms. The van der Waals surface area contributed by atoms with Gasteiger partial charge >= 0.3 is 0 Å². The van der Waals surface area contributed by atoms with Gasteiger partial charge in [-0.25, -0.2) is 8.42 Å². The lowest BCUT2D eigenvalue weighted by molar-refractivity contribution is -0.123. The molecule has 0 saturated heterocycles. The topological polar surface area (TPSA) is 51.2 Å². The van der Waals surface area contributed by atoms with E-state index in [1.807, 2.05) is 0 Å². The first kappa shape index (κ1) is 11.6. The third-order valence-electron chi connectivity index (χ3n) is 2.04. The summed E-state index contributed by atoms with van der Waals surface area (Å²) < 4.78 is 21.1. The average Bonchev–Trinajstić information content (AvgIpc) is 1.83. The second kappa shape index (κ2) is 3.17. The highest BCUT2D eigenvalue weighted by Crippen LogP contribution is 2.20. The van der Waals surface area contributed by atoms with Gasteiger partial charge in [0, 0.05) is 12.2 Å². The molecular weight excluding hydrogens is 176 g/mol. The van der Waals surface area contributed by atoms with Crippen molar-refractivity contribution in [2.24, 2.45) is 5.92 Å². The molecule has 0 aromatic rings. The molecular formula is C8H16O3S. The molecule has 3 nitrogen and oxygen atoms in total. The Hall–Kier alpha value is -0.380. The Morgan fingerprint density at radius 1 is 1.25 bits per heavy atom.